The van der Waals surface area contributed by atoms with Crippen LogP contribution in [0.2, 0.25) is 0 Å². The molecule has 0 saturated heterocycles. The topological polar surface area (TPSA) is 75.4 Å². The van der Waals surface area contributed by atoms with Crippen molar-refractivity contribution in [1.82, 2.24) is 19.0 Å². The second-order valence-electron chi connectivity index (χ2n) is 12.2. The van der Waals surface area contributed by atoms with Crippen molar-refractivity contribution in [2.75, 3.05) is 23.8 Å². The van der Waals surface area contributed by atoms with Gasteiger partial charge in [0.15, 0.2) is 0 Å². The highest BCUT2D eigenvalue weighted by atomic mass is 16.2. The number of aryl methyl sites for hydroxylation is 2. The predicted octanol–water partition coefficient (Wildman–Crippen LogP) is 5.93. The quantitative estimate of drug-likeness (QED) is 0.280. The fourth-order valence-electron chi connectivity index (χ4n) is 6.49. The monoisotopic (exact) mass is 578 g/mol. The van der Waals surface area contributed by atoms with E-state index in [0.717, 1.165) is 66.0 Å². The van der Waals surface area contributed by atoms with E-state index < -0.39 is 0 Å². The molecule has 4 heterocycles. The molecule has 1 aromatic carbocycles. The van der Waals surface area contributed by atoms with E-state index in [-0.39, 0.29) is 11.5 Å². The van der Waals surface area contributed by atoms with Crippen molar-refractivity contribution < 1.29 is 4.79 Å². The summed E-state index contributed by atoms with van der Waals surface area (Å²) in [5.41, 5.74) is 8.96. The van der Waals surface area contributed by atoms with Crippen molar-refractivity contribution in [3.63, 3.8) is 0 Å². The van der Waals surface area contributed by atoms with E-state index in [4.69, 9.17) is 0 Å². The van der Waals surface area contributed by atoms with Crippen molar-refractivity contribution in [1.29, 1.82) is 0 Å². The van der Waals surface area contributed by atoms with Crippen LogP contribution in [0, 0.1) is 0 Å². The van der Waals surface area contributed by atoms with Crippen LogP contribution in [0.15, 0.2) is 59.7 Å². The smallest absolute Gasteiger partial charge is 0.274 e. The zero-order chi connectivity index (χ0) is 30.2. The van der Waals surface area contributed by atoms with Crippen molar-refractivity contribution in [2.24, 2.45) is 7.05 Å². The molecule has 4 aromatic rings. The van der Waals surface area contributed by atoms with Gasteiger partial charge in [-0.2, -0.15) is 0 Å². The number of amides is 1. The zero-order valence-corrected chi connectivity index (χ0v) is 26.0. The van der Waals surface area contributed by atoms with E-state index in [1.54, 1.807) is 11.6 Å². The number of fused-ring (bicyclic) bond motifs is 3. The molecule has 3 aromatic heterocycles. The van der Waals surface area contributed by atoms with E-state index in [0.29, 0.717) is 24.1 Å². The largest absolute Gasteiger partial charge is 0.339 e. The lowest BCUT2D eigenvalue weighted by Crippen LogP contribution is -2.41. The number of pyridine rings is 2. The van der Waals surface area contributed by atoms with Crippen LogP contribution in [-0.2, 0) is 39.4 Å². The van der Waals surface area contributed by atoms with Crippen LogP contribution in [0.4, 0.5) is 17.2 Å². The summed E-state index contributed by atoms with van der Waals surface area (Å²) in [6, 6.07) is 14.6. The number of hydrogen-bond donors (Lipinski definition) is 1. The molecule has 6 rings (SSSR count). The SMILES string of the molecule is CCc1c(-c2cc(Nc3ccc(CN(C)C(C)C)cn3)c(=O)n(C)c2)cccc1N1CCn2c(cc3c2CCCC3)C1=O. The molecule has 8 heteroatoms. The summed E-state index contributed by atoms with van der Waals surface area (Å²) in [6.07, 6.45) is 9.02. The number of rotatable bonds is 8. The zero-order valence-electron chi connectivity index (χ0n) is 26.0. The second-order valence-corrected chi connectivity index (χ2v) is 12.2. The average molecular weight is 579 g/mol. The fourth-order valence-corrected chi connectivity index (χ4v) is 6.49. The molecule has 0 unspecified atom stereocenters. The Labute approximate surface area is 254 Å². The van der Waals surface area contributed by atoms with Crippen molar-refractivity contribution in [3.8, 4) is 11.1 Å². The molecular weight excluding hydrogens is 536 g/mol. The highest BCUT2D eigenvalue weighted by Crippen LogP contribution is 2.36. The van der Waals surface area contributed by atoms with Gasteiger partial charge in [0.05, 0.1) is 0 Å². The minimum absolute atomic E-state index is 0.0735. The molecule has 1 aliphatic heterocycles. The molecule has 1 aliphatic carbocycles. The first kappa shape index (κ1) is 28.9. The van der Waals surface area contributed by atoms with Gasteiger partial charge in [0.2, 0.25) is 0 Å². The van der Waals surface area contributed by atoms with Gasteiger partial charge in [-0.15, -0.1) is 0 Å². The first-order chi connectivity index (χ1) is 20.7. The number of carbonyl (C=O) groups is 1. The molecule has 0 atom stereocenters. The Kier molecular flexibility index (Phi) is 7.97. The molecule has 0 bridgehead atoms. The minimum atomic E-state index is -0.126. The molecule has 0 spiro atoms. The second kappa shape index (κ2) is 11.8. The Hall–Kier alpha value is -4.17. The van der Waals surface area contributed by atoms with E-state index in [1.807, 2.05) is 41.6 Å². The number of aromatic nitrogens is 3. The van der Waals surface area contributed by atoms with Crippen LogP contribution in [-0.4, -0.2) is 44.6 Å². The number of anilines is 3. The Morgan fingerprint density at radius 1 is 1.05 bits per heavy atom. The molecule has 224 valence electrons. The van der Waals surface area contributed by atoms with Gasteiger partial charge in [0.1, 0.15) is 17.2 Å². The third kappa shape index (κ3) is 5.52. The maximum absolute atomic E-state index is 13.9. The molecule has 43 heavy (non-hydrogen) atoms. The first-order valence-corrected chi connectivity index (χ1v) is 15.5. The van der Waals surface area contributed by atoms with Gasteiger partial charge in [0.25, 0.3) is 11.5 Å². The van der Waals surface area contributed by atoms with Gasteiger partial charge >= 0.3 is 0 Å². The Morgan fingerprint density at radius 2 is 1.86 bits per heavy atom. The van der Waals surface area contributed by atoms with E-state index in [1.165, 1.54) is 24.1 Å². The average Bonchev–Trinajstić information content (AvgIpc) is 3.40. The summed E-state index contributed by atoms with van der Waals surface area (Å²) in [4.78, 5) is 35.8. The van der Waals surface area contributed by atoms with Gasteiger partial charge < -0.3 is 19.4 Å². The summed E-state index contributed by atoms with van der Waals surface area (Å²) in [5, 5.41) is 3.26. The number of benzene rings is 1. The molecule has 0 radical (unpaired) electrons. The predicted molar refractivity (Wildman–Crippen MR) is 173 cm³/mol. The van der Waals surface area contributed by atoms with Crippen LogP contribution in [0.5, 0.6) is 0 Å². The van der Waals surface area contributed by atoms with Crippen molar-refractivity contribution >= 4 is 23.1 Å². The number of hydrogen-bond acceptors (Lipinski definition) is 5. The first-order valence-electron chi connectivity index (χ1n) is 15.5. The maximum atomic E-state index is 13.9. The highest BCUT2D eigenvalue weighted by Gasteiger charge is 2.31. The summed E-state index contributed by atoms with van der Waals surface area (Å²) >= 11 is 0. The van der Waals surface area contributed by atoms with Gasteiger partial charge in [-0.1, -0.05) is 25.1 Å². The van der Waals surface area contributed by atoms with Crippen LogP contribution >= 0.6 is 0 Å². The summed E-state index contributed by atoms with van der Waals surface area (Å²) < 4.78 is 3.87. The van der Waals surface area contributed by atoms with E-state index in [2.05, 4.69) is 65.8 Å². The van der Waals surface area contributed by atoms with Crippen LogP contribution in [0.1, 0.15) is 66.5 Å². The molecular formula is C35H42N6O2. The van der Waals surface area contributed by atoms with Crippen LogP contribution in [0.3, 0.4) is 0 Å². The Bertz CT molecular complexity index is 1720. The van der Waals surface area contributed by atoms with Gasteiger partial charge in [-0.3, -0.25) is 14.5 Å². The molecule has 1 N–H and O–H groups in total. The Balaban J connectivity index is 1.31. The van der Waals surface area contributed by atoms with Gasteiger partial charge in [-0.25, -0.2) is 4.98 Å². The molecule has 1 amide bonds. The van der Waals surface area contributed by atoms with Crippen LogP contribution < -0.4 is 15.8 Å². The fraction of sp³-hybridized carbons (Fsp3) is 0.400. The third-order valence-electron chi connectivity index (χ3n) is 9.11. The van der Waals surface area contributed by atoms with Gasteiger partial charge in [-0.05, 0) is 99.5 Å². The van der Waals surface area contributed by atoms with Crippen molar-refractivity contribution in [2.45, 2.75) is 72.0 Å². The molecule has 2 aliphatic rings. The van der Waals surface area contributed by atoms with Gasteiger partial charge in [0, 0.05) is 62.1 Å². The molecule has 8 nitrogen and oxygen atoms in total. The number of nitrogens with zero attached hydrogens (tertiary/aromatic N) is 5. The Morgan fingerprint density at radius 3 is 2.60 bits per heavy atom. The molecule has 0 fully saturated rings. The minimum Gasteiger partial charge on any atom is -0.339 e. The lowest BCUT2D eigenvalue weighted by Gasteiger charge is -2.32. The lowest BCUT2D eigenvalue weighted by molar-refractivity contribution is 0.0964. The highest BCUT2D eigenvalue weighted by molar-refractivity contribution is 6.07. The number of nitrogens with one attached hydrogen (secondary N) is 1. The van der Waals surface area contributed by atoms with Crippen molar-refractivity contribution in [3.05, 3.63) is 93.3 Å². The van der Waals surface area contributed by atoms with E-state index in [9.17, 15) is 9.59 Å². The number of carbonyl (C=O) groups excluding carboxylic acids is 1. The summed E-state index contributed by atoms with van der Waals surface area (Å²) in [6.45, 7) is 8.74. The summed E-state index contributed by atoms with van der Waals surface area (Å²) in [7, 11) is 3.87. The summed E-state index contributed by atoms with van der Waals surface area (Å²) in [5.74, 6) is 0.698. The lowest BCUT2D eigenvalue weighted by atomic mass is 9.96. The third-order valence-corrected chi connectivity index (χ3v) is 9.11. The van der Waals surface area contributed by atoms with E-state index >= 15 is 0 Å². The maximum Gasteiger partial charge on any atom is 0.274 e. The van der Waals surface area contributed by atoms with Crippen LogP contribution in [0.25, 0.3) is 11.1 Å². The standard InChI is InChI=1S/C35H42N6O2/c1-6-27-28(11-9-13-31(27)41-17-16-40-30-12-8-7-10-25(30)19-32(40)35(41)43)26-18-29(34(42)39(5)22-26)37-33-15-14-24(20-36-33)21-38(4)23(2)3/h9,11,13-15,18-20,22-23H,6-8,10,12,16-17,21H2,1-5H3,(H,36,37). The normalized spacial score (nSPS) is 14.8. The molecule has 0 saturated carbocycles.